The highest BCUT2D eigenvalue weighted by Gasteiger charge is 2.36. The van der Waals surface area contributed by atoms with Crippen LogP contribution in [0.5, 0.6) is 0 Å². The minimum atomic E-state index is -4.77. The molecule has 0 radical (unpaired) electrons. The van der Waals surface area contributed by atoms with E-state index in [1.807, 2.05) is 0 Å². The summed E-state index contributed by atoms with van der Waals surface area (Å²) < 4.78 is 76.8. The lowest BCUT2D eigenvalue weighted by Crippen LogP contribution is -2.21. The van der Waals surface area contributed by atoms with Crippen molar-refractivity contribution in [2.24, 2.45) is 5.73 Å². The third-order valence-corrected chi connectivity index (χ3v) is 3.91. The summed E-state index contributed by atoms with van der Waals surface area (Å²) in [5.41, 5.74) is 2.25. The van der Waals surface area contributed by atoms with Crippen LogP contribution in [-0.4, -0.2) is 10.9 Å². The lowest BCUT2D eigenvalue weighted by molar-refractivity contribution is -0.138. The Morgan fingerprint density at radius 2 is 1.73 bits per heavy atom. The van der Waals surface area contributed by atoms with Crippen LogP contribution in [0.4, 0.5) is 26.3 Å². The zero-order valence-electron chi connectivity index (χ0n) is 12.9. The second-order valence-corrected chi connectivity index (χ2v) is 5.76. The largest absolute Gasteiger partial charge is 0.417 e. The molecule has 10 heteroatoms. The quantitative estimate of drug-likeness (QED) is 0.764. The van der Waals surface area contributed by atoms with Gasteiger partial charge in [-0.25, -0.2) is 0 Å². The molecule has 1 heterocycles. The standard InChI is InChI=1S/C16H11ClF6N2O/c17-11-6-9(15(18,19)20)7-25-12(11)5-4-8-2-1-3-10(16(21,22)23)13(8)14(24)26/h1-3,6-7H,4-5H2,(H2,24,26). The van der Waals surface area contributed by atoms with Crippen LogP contribution < -0.4 is 5.73 Å². The van der Waals surface area contributed by atoms with Gasteiger partial charge < -0.3 is 5.73 Å². The number of aromatic nitrogens is 1. The third-order valence-electron chi connectivity index (χ3n) is 3.58. The third kappa shape index (κ3) is 4.46. The van der Waals surface area contributed by atoms with Crippen LogP contribution in [0.1, 0.15) is 32.7 Å². The Kier molecular flexibility index (Phi) is 5.50. The number of nitrogens with two attached hydrogens (primary N) is 1. The fraction of sp³-hybridized carbons (Fsp3) is 0.250. The molecule has 2 N–H and O–H groups in total. The number of halogens is 7. The molecular weight excluding hydrogens is 386 g/mol. The lowest BCUT2D eigenvalue weighted by atomic mass is 9.96. The van der Waals surface area contributed by atoms with E-state index >= 15 is 0 Å². The molecule has 0 unspecified atom stereocenters. The summed E-state index contributed by atoms with van der Waals surface area (Å²) >= 11 is 5.77. The van der Waals surface area contributed by atoms with Gasteiger partial charge in [0.2, 0.25) is 5.91 Å². The molecule has 26 heavy (non-hydrogen) atoms. The molecule has 2 rings (SSSR count). The van der Waals surface area contributed by atoms with Crippen molar-refractivity contribution >= 4 is 17.5 Å². The Bertz CT molecular complexity index is 832. The van der Waals surface area contributed by atoms with E-state index in [4.69, 9.17) is 17.3 Å². The van der Waals surface area contributed by atoms with E-state index in [9.17, 15) is 31.1 Å². The molecule has 1 aromatic heterocycles. The first-order chi connectivity index (χ1) is 11.9. The number of hydrogen-bond acceptors (Lipinski definition) is 2. The number of hydrogen-bond donors (Lipinski definition) is 1. The van der Waals surface area contributed by atoms with Crippen molar-refractivity contribution in [3.05, 3.63) is 63.4 Å². The average Bonchev–Trinajstić information content (AvgIpc) is 2.51. The van der Waals surface area contributed by atoms with E-state index in [0.29, 0.717) is 12.3 Å². The van der Waals surface area contributed by atoms with E-state index in [1.54, 1.807) is 0 Å². The van der Waals surface area contributed by atoms with Gasteiger partial charge in [-0.2, -0.15) is 26.3 Å². The fourth-order valence-electron chi connectivity index (χ4n) is 2.39. The van der Waals surface area contributed by atoms with Gasteiger partial charge in [-0.15, -0.1) is 0 Å². The minimum Gasteiger partial charge on any atom is -0.366 e. The Hall–Kier alpha value is -2.29. The van der Waals surface area contributed by atoms with Crippen LogP contribution in [0.25, 0.3) is 0 Å². The number of amides is 1. The molecular formula is C16H11ClF6N2O. The highest BCUT2D eigenvalue weighted by molar-refractivity contribution is 6.31. The van der Waals surface area contributed by atoms with E-state index in [-0.39, 0.29) is 29.1 Å². The van der Waals surface area contributed by atoms with Gasteiger partial charge >= 0.3 is 12.4 Å². The Balaban J connectivity index is 2.32. The zero-order valence-corrected chi connectivity index (χ0v) is 13.6. The van der Waals surface area contributed by atoms with E-state index < -0.39 is 35.0 Å². The number of carbonyl (C=O) groups is 1. The number of carbonyl (C=O) groups excluding carboxylic acids is 1. The van der Waals surface area contributed by atoms with Gasteiger partial charge in [0, 0.05) is 6.20 Å². The molecule has 2 aromatic rings. The van der Waals surface area contributed by atoms with E-state index in [0.717, 1.165) is 12.1 Å². The van der Waals surface area contributed by atoms with Gasteiger partial charge in [0.25, 0.3) is 0 Å². The van der Waals surface area contributed by atoms with Crippen molar-refractivity contribution in [1.29, 1.82) is 0 Å². The summed E-state index contributed by atoms with van der Waals surface area (Å²) in [6.07, 6.45) is -8.98. The first-order valence-electron chi connectivity index (χ1n) is 7.11. The Morgan fingerprint density at radius 3 is 2.23 bits per heavy atom. The van der Waals surface area contributed by atoms with Gasteiger partial charge in [0.05, 0.1) is 27.4 Å². The summed E-state index contributed by atoms with van der Waals surface area (Å²) in [5.74, 6) is -1.25. The lowest BCUT2D eigenvalue weighted by Gasteiger charge is -2.15. The molecule has 0 saturated heterocycles. The van der Waals surface area contributed by atoms with Crippen molar-refractivity contribution in [2.75, 3.05) is 0 Å². The molecule has 0 aliphatic carbocycles. The predicted molar refractivity (Wildman–Crippen MR) is 81.6 cm³/mol. The van der Waals surface area contributed by atoms with Gasteiger partial charge in [0.1, 0.15) is 0 Å². The van der Waals surface area contributed by atoms with E-state index in [2.05, 4.69) is 4.98 Å². The van der Waals surface area contributed by atoms with Gasteiger partial charge in [-0.05, 0) is 30.5 Å². The minimum absolute atomic E-state index is 0.00471. The molecule has 3 nitrogen and oxygen atoms in total. The van der Waals surface area contributed by atoms with Crippen molar-refractivity contribution < 1.29 is 31.1 Å². The van der Waals surface area contributed by atoms with Gasteiger partial charge in [-0.1, -0.05) is 23.7 Å². The molecule has 0 aliphatic heterocycles. The number of primary amides is 1. The molecule has 0 aliphatic rings. The summed E-state index contributed by atoms with van der Waals surface area (Å²) in [6, 6.07) is 3.82. The maximum atomic E-state index is 13.0. The Labute approximate surface area is 148 Å². The SMILES string of the molecule is NC(=O)c1c(CCc2ncc(C(F)(F)F)cc2Cl)cccc1C(F)(F)F. The van der Waals surface area contributed by atoms with Crippen LogP contribution in [0.3, 0.4) is 0 Å². The van der Waals surface area contributed by atoms with Crippen molar-refractivity contribution in [3.63, 3.8) is 0 Å². The Morgan fingerprint density at radius 1 is 1.08 bits per heavy atom. The zero-order chi connectivity index (χ0) is 19.7. The van der Waals surface area contributed by atoms with Crippen LogP contribution in [-0.2, 0) is 25.2 Å². The molecule has 0 atom stereocenters. The normalized spacial score (nSPS) is 12.3. The monoisotopic (exact) mass is 396 g/mol. The average molecular weight is 397 g/mol. The molecule has 0 spiro atoms. The highest BCUT2D eigenvalue weighted by atomic mass is 35.5. The molecule has 140 valence electrons. The second-order valence-electron chi connectivity index (χ2n) is 5.35. The number of alkyl halides is 6. The van der Waals surface area contributed by atoms with Crippen molar-refractivity contribution in [1.82, 2.24) is 4.98 Å². The van der Waals surface area contributed by atoms with Crippen LogP contribution in [0.15, 0.2) is 30.5 Å². The van der Waals surface area contributed by atoms with Crippen LogP contribution in [0, 0.1) is 0 Å². The van der Waals surface area contributed by atoms with Crippen LogP contribution in [0.2, 0.25) is 5.02 Å². The smallest absolute Gasteiger partial charge is 0.366 e. The maximum Gasteiger partial charge on any atom is 0.417 e. The van der Waals surface area contributed by atoms with Gasteiger partial charge in [0.15, 0.2) is 0 Å². The summed E-state index contributed by atoms with van der Waals surface area (Å²) in [5, 5.41) is -0.271. The molecule has 0 fully saturated rings. The number of nitrogens with zero attached hydrogens (tertiary/aromatic N) is 1. The fourth-order valence-corrected chi connectivity index (χ4v) is 2.65. The maximum absolute atomic E-state index is 13.0. The number of benzene rings is 1. The molecule has 0 bridgehead atoms. The molecule has 1 aromatic carbocycles. The van der Waals surface area contributed by atoms with Crippen molar-refractivity contribution in [2.45, 2.75) is 25.2 Å². The van der Waals surface area contributed by atoms with Crippen molar-refractivity contribution in [3.8, 4) is 0 Å². The number of aryl methyl sites for hydroxylation is 2. The first-order valence-corrected chi connectivity index (χ1v) is 7.49. The molecule has 0 saturated carbocycles. The first kappa shape index (κ1) is 20.0. The topological polar surface area (TPSA) is 56.0 Å². The van der Waals surface area contributed by atoms with E-state index in [1.165, 1.54) is 6.07 Å². The second kappa shape index (κ2) is 7.14. The van der Waals surface area contributed by atoms with Gasteiger partial charge in [-0.3, -0.25) is 9.78 Å². The molecule has 1 amide bonds. The summed E-state index contributed by atoms with van der Waals surface area (Å²) in [4.78, 5) is 15.1. The number of rotatable bonds is 4. The summed E-state index contributed by atoms with van der Waals surface area (Å²) in [7, 11) is 0. The number of pyridine rings is 1. The highest BCUT2D eigenvalue weighted by Crippen LogP contribution is 2.34. The summed E-state index contributed by atoms with van der Waals surface area (Å²) in [6.45, 7) is 0. The van der Waals surface area contributed by atoms with Crippen LogP contribution >= 0.6 is 11.6 Å². The predicted octanol–water partition coefficient (Wildman–Crippen LogP) is 4.66.